The maximum atomic E-state index is 11.8. The standard InChI is InChI=1S/C10H15F3O2/c1-9(2,3)8(14)6-4-7(5-6)15-10(11,12)13/h6-7H,4-5H2,1-3H3. The molecule has 0 unspecified atom stereocenters. The molecule has 0 saturated heterocycles. The van der Waals surface area contributed by atoms with Gasteiger partial charge in [-0.1, -0.05) is 20.8 Å². The second-order valence-corrected chi connectivity index (χ2v) is 4.97. The van der Waals surface area contributed by atoms with E-state index in [1.807, 2.05) is 0 Å². The van der Waals surface area contributed by atoms with E-state index in [4.69, 9.17) is 0 Å². The van der Waals surface area contributed by atoms with Crippen LogP contribution in [0, 0.1) is 11.3 Å². The Hall–Kier alpha value is -0.580. The molecule has 1 aliphatic rings. The molecule has 1 saturated carbocycles. The Morgan fingerprint density at radius 1 is 1.20 bits per heavy atom. The number of ketones is 1. The van der Waals surface area contributed by atoms with Crippen LogP contribution in [0.3, 0.4) is 0 Å². The van der Waals surface area contributed by atoms with Gasteiger partial charge >= 0.3 is 6.36 Å². The fraction of sp³-hybridized carbons (Fsp3) is 0.900. The summed E-state index contributed by atoms with van der Waals surface area (Å²) in [5, 5.41) is 0. The number of hydrogen-bond acceptors (Lipinski definition) is 2. The Morgan fingerprint density at radius 3 is 2.00 bits per heavy atom. The molecule has 88 valence electrons. The lowest BCUT2D eigenvalue weighted by Crippen LogP contribution is -2.43. The topological polar surface area (TPSA) is 26.3 Å². The summed E-state index contributed by atoms with van der Waals surface area (Å²) in [7, 11) is 0. The van der Waals surface area contributed by atoms with E-state index < -0.39 is 17.9 Å². The quantitative estimate of drug-likeness (QED) is 0.720. The molecule has 0 heterocycles. The molecule has 1 fully saturated rings. The van der Waals surface area contributed by atoms with Gasteiger partial charge in [0.15, 0.2) is 0 Å². The predicted octanol–water partition coefficient (Wildman–Crippen LogP) is 2.92. The molecule has 0 N–H and O–H groups in total. The van der Waals surface area contributed by atoms with Crippen LogP contribution >= 0.6 is 0 Å². The van der Waals surface area contributed by atoms with E-state index in [-0.39, 0.29) is 24.5 Å². The van der Waals surface area contributed by atoms with Gasteiger partial charge in [-0.3, -0.25) is 9.53 Å². The average molecular weight is 224 g/mol. The first-order valence-electron chi connectivity index (χ1n) is 4.88. The zero-order valence-corrected chi connectivity index (χ0v) is 9.02. The van der Waals surface area contributed by atoms with E-state index >= 15 is 0 Å². The summed E-state index contributed by atoms with van der Waals surface area (Å²) in [6, 6.07) is 0. The Balaban J connectivity index is 2.35. The van der Waals surface area contributed by atoms with Gasteiger partial charge in [-0.25, -0.2) is 0 Å². The first kappa shape index (κ1) is 12.5. The Kier molecular flexibility index (Phi) is 3.14. The van der Waals surface area contributed by atoms with Crippen LogP contribution in [0.5, 0.6) is 0 Å². The molecular formula is C10H15F3O2. The SMILES string of the molecule is CC(C)(C)C(=O)C1CC(OC(F)(F)F)C1. The van der Waals surface area contributed by atoms with Gasteiger partial charge in [-0.15, -0.1) is 13.2 Å². The lowest BCUT2D eigenvalue weighted by molar-refractivity contribution is -0.353. The van der Waals surface area contributed by atoms with Gasteiger partial charge in [0.1, 0.15) is 5.78 Å². The smallest absolute Gasteiger partial charge is 0.299 e. The van der Waals surface area contributed by atoms with Crippen LogP contribution in [-0.4, -0.2) is 18.2 Å². The van der Waals surface area contributed by atoms with Crippen molar-refractivity contribution in [3.8, 4) is 0 Å². The average Bonchev–Trinajstić information content (AvgIpc) is 1.90. The zero-order valence-electron chi connectivity index (χ0n) is 9.02. The summed E-state index contributed by atoms with van der Waals surface area (Å²) in [4.78, 5) is 11.6. The minimum atomic E-state index is -4.58. The third-order valence-corrected chi connectivity index (χ3v) is 2.51. The molecule has 0 aromatic heterocycles. The van der Waals surface area contributed by atoms with Crippen LogP contribution in [0.4, 0.5) is 13.2 Å². The van der Waals surface area contributed by atoms with Gasteiger partial charge in [0.25, 0.3) is 0 Å². The van der Waals surface area contributed by atoms with Crippen molar-refractivity contribution in [2.45, 2.75) is 46.1 Å². The van der Waals surface area contributed by atoms with Crippen LogP contribution in [0.2, 0.25) is 0 Å². The maximum absolute atomic E-state index is 11.8. The number of carbonyl (C=O) groups is 1. The molecule has 2 nitrogen and oxygen atoms in total. The number of halogens is 3. The number of ether oxygens (including phenoxy) is 1. The van der Waals surface area contributed by atoms with Crippen molar-refractivity contribution in [3.63, 3.8) is 0 Å². The Morgan fingerprint density at radius 2 is 1.67 bits per heavy atom. The summed E-state index contributed by atoms with van der Waals surface area (Å²) in [5.74, 6) is -0.248. The molecule has 1 aliphatic carbocycles. The van der Waals surface area contributed by atoms with E-state index in [0.29, 0.717) is 0 Å². The number of carbonyl (C=O) groups excluding carboxylic acids is 1. The first-order valence-corrected chi connectivity index (χ1v) is 4.88. The lowest BCUT2D eigenvalue weighted by Gasteiger charge is -2.37. The summed E-state index contributed by atoms with van der Waals surface area (Å²) in [6.07, 6.45) is -5.03. The van der Waals surface area contributed by atoms with Crippen LogP contribution in [0.25, 0.3) is 0 Å². The van der Waals surface area contributed by atoms with Crippen LogP contribution in [-0.2, 0) is 9.53 Å². The van der Waals surface area contributed by atoms with Gasteiger partial charge < -0.3 is 0 Å². The number of hydrogen-bond donors (Lipinski definition) is 0. The van der Waals surface area contributed by atoms with E-state index in [2.05, 4.69) is 4.74 Å². The molecule has 0 aromatic carbocycles. The minimum Gasteiger partial charge on any atom is -0.299 e. The molecule has 1 rings (SSSR count). The van der Waals surface area contributed by atoms with Crippen molar-refractivity contribution in [2.75, 3.05) is 0 Å². The minimum absolute atomic E-state index is 0.0181. The number of alkyl halides is 3. The van der Waals surface area contributed by atoms with Gasteiger partial charge in [-0.05, 0) is 12.8 Å². The first-order chi connectivity index (χ1) is 6.59. The van der Waals surface area contributed by atoms with Crippen LogP contribution in [0.1, 0.15) is 33.6 Å². The highest BCUT2D eigenvalue weighted by molar-refractivity contribution is 5.86. The molecule has 0 spiro atoms. The van der Waals surface area contributed by atoms with Crippen molar-refractivity contribution < 1.29 is 22.7 Å². The highest BCUT2D eigenvalue weighted by atomic mass is 19.4. The van der Waals surface area contributed by atoms with Gasteiger partial charge in [0, 0.05) is 11.3 Å². The van der Waals surface area contributed by atoms with Gasteiger partial charge in [0.2, 0.25) is 0 Å². The summed E-state index contributed by atoms with van der Waals surface area (Å²) in [6.45, 7) is 5.31. The molecule has 0 radical (unpaired) electrons. The highest BCUT2D eigenvalue weighted by Crippen LogP contribution is 2.38. The van der Waals surface area contributed by atoms with Crippen LogP contribution < -0.4 is 0 Å². The Labute approximate surface area is 86.8 Å². The second-order valence-electron chi connectivity index (χ2n) is 4.97. The number of rotatable bonds is 2. The third-order valence-electron chi connectivity index (χ3n) is 2.51. The predicted molar refractivity (Wildman–Crippen MR) is 48.1 cm³/mol. The molecular weight excluding hydrogens is 209 g/mol. The molecule has 0 amide bonds. The summed E-state index contributed by atoms with van der Waals surface area (Å²) in [5.41, 5.74) is -0.478. The third kappa shape index (κ3) is 3.48. The molecule has 0 bridgehead atoms. The van der Waals surface area contributed by atoms with Crippen LogP contribution in [0.15, 0.2) is 0 Å². The Bertz CT molecular complexity index is 246. The van der Waals surface area contributed by atoms with Gasteiger partial charge in [-0.2, -0.15) is 0 Å². The summed E-state index contributed by atoms with van der Waals surface area (Å²) >= 11 is 0. The van der Waals surface area contributed by atoms with Crippen molar-refractivity contribution in [1.82, 2.24) is 0 Å². The maximum Gasteiger partial charge on any atom is 0.522 e. The fourth-order valence-electron chi connectivity index (χ4n) is 1.68. The molecule has 0 aliphatic heterocycles. The van der Waals surface area contributed by atoms with Crippen molar-refractivity contribution in [2.24, 2.45) is 11.3 Å². The largest absolute Gasteiger partial charge is 0.522 e. The second kappa shape index (κ2) is 3.77. The molecule has 0 atom stereocenters. The molecule has 5 heteroatoms. The lowest BCUT2D eigenvalue weighted by atomic mass is 9.71. The van der Waals surface area contributed by atoms with Crippen molar-refractivity contribution in [3.05, 3.63) is 0 Å². The zero-order chi connectivity index (χ0) is 11.9. The van der Waals surface area contributed by atoms with Crippen molar-refractivity contribution >= 4 is 5.78 Å². The molecule has 0 aromatic rings. The highest BCUT2D eigenvalue weighted by Gasteiger charge is 2.44. The number of Topliss-reactive ketones (excluding diaryl/α,β-unsaturated/α-hetero) is 1. The van der Waals surface area contributed by atoms with E-state index in [9.17, 15) is 18.0 Å². The summed E-state index contributed by atoms with van der Waals surface area (Å²) < 4.78 is 39.2. The van der Waals surface area contributed by atoms with E-state index in [1.54, 1.807) is 20.8 Å². The fourth-order valence-corrected chi connectivity index (χ4v) is 1.68. The van der Waals surface area contributed by atoms with E-state index in [0.717, 1.165) is 0 Å². The van der Waals surface area contributed by atoms with E-state index in [1.165, 1.54) is 0 Å². The van der Waals surface area contributed by atoms with Crippen molar-refractivity contribution in [1.29, 1.82) is 0 Å². The molecule has 15 heavy (non-hydrogen) atoms. The monoisotopic (exact) mass is 224 g/mol. The van der Waals surface area contributed by atoms with Gasteiger partial charge in [0.05, 0.1) is 6.10 Å². The normalized spacial score (nSPS) is 27.3.